The summed E-state index contributed by atoms with van der Waals surface area (Å²) in [6.45, 7) is 10.9. The second-order valence-electron chi connectivity index (χ2n) is 6.41. The Kier molecular flexibility index (Phi) is 4.02. The molecule has 1 aromatic heterocycles. The highest BCUT2D eigenvalue weighted by molar-refractivity contribution is 5.96. The van der Waals surface area contributed by atoms with E-state index in [1.54, 1.807) is 0 Å². The van der Waals surface area contributed by atoms with Crippen molar-refractivity contribution >= 4 is 5.91 Å². The third-order valence-electron chi connectivity index (χ3n) is 5.20. The molecule has 1 amide bonds. The van der Waals surface area contributed by atoms with Crippen LogP contribution < -0.4 is 5.32 Å². The summed E-state index contributed by atoms with van der Waals surface area (Å²) in [4.78, 5) is 15.0. The number of hydrogen-bond donors (Lipinski definition) is 1. The highest BCUT2D eigenvalue weighted by atomic mass is 16.2. The summed E-state index contributed by atoms with van der Waals surface area (Å²) in [7, 11) is 0. The number of carbonyl (C=O) groups is 1. The van der Waals surface area contributed by atoms with E-state index in [2.05, 4.69) is 22.2 Å². The minimum Gasteiger partial charge on any atom is -0.339 e. The van der Waals surface area contributed by atoms with Gasteiger partial charge in [-0.25, -0.2) is 0 Å². The predicted octanol–water partition coefficient (Wildman–Crippen LogP) is 1.59. The molecule has 2 aliphatic heterocycles. The fraction of sp³-hybridized carbons (Fsp3) is 0.750. The summed E-state index contributed by atoms with van der Waals surface area (Å²) >= 11 is 0. The van der Waals surface area contributed by atoms with E-state index < -0.39 is 0 Å². The summed E-state index contributed by atoms with van der Waals surface area (Å²) in [5, 5.41) is 7.96. The summed E-state index contributed by atoms with van der Waals surface area (Å²) in [5.41, 5.74) is 2.69. The van der Waals surface area contributed by atoms with Gasteiger partial charge in [-0.15, -0.1) is 0 Å². The third-order valence-corrected chi connectivity index (χ3v) is 5.20. The quantitative estimate of drug-likeness (QED) is 0.900. The van der Waals surface area contributed by atoms with Gasteiger partial charge in [-0.3, -0.25) is 9.48 Å². The lowest BCUT2D eigenvalue weighted by molar-refractivity contribution is 0.0757. The van der Waals surface area contributed by atoms with Gasteiger partial charge >= 0.3 is 0 Å². The number of rotatable bonds is 2. The Morgan fingerprint density at radius 1 is 1.24 bits per heavy atom. The molecule has 1 N–H and O–H groups in total. The van der Waals surface area contributed by atoms with Crippen molar-refractivity contribution in [2.24, 2.45) is 11.8 Å². The molecule has 0 bridgehead atoms. The van der Waals surface area contributed by atoms with Crippen LogP contribution in [0.4, 0.5) is 0 Å². The number of nitrogens with one attached hydrogen (secondary N) is 1. The highest BCUT2D eigenvalue weighted by Gasteiger charge is 2.32. The van der Waals surface area contributed by atoms with Gasteiger partial charge in [0.25, 0.3) is 5.91 Å². The minimum atomic E-state index is 0.178. The Labute approximate surface area is 126 Å². The molecule has 1 aromatic rings. The van der Waals surface area contributed by atoms with E-state index in [-0.39, 0.29) is 5.91 Å². The topological polar surface area (TPSA) is 50.2 Å². The number of fused-ring (bicyclic) bond motifs is 1. The van der Waals surface area contributed by atoms with Crippen LogP contribution in [0.2, 0.25) is 0 Å². The van der Waals surface area contributed by atoms with E-state index in [1.165, 1.54) is 0 Å². The van der Waals surface area contributed by atoms with Gasteiger partial charge in [-0.1, -0.05) is 0 Å². The molecule has 2 saturated heterocycles. The molecule has 5 heteroatoms. The molecule has 0 spiro atoms. The van der Waals surface area contributed by atoms with Gasteiger partial charge < -0.3 is 10.2 Å². The van der Waals surface area contributed by atoms with E-state index in [1.807, 2.05) is 18.5 Å². The van der Waals surface area contributed by atoms with E-state index >= 15 is 0 Å². The average Bonchev–Trinajstić information content (AvgIpc) is 2.96. The second kappa shape index (κ2) is 5.79. The molecule has 0 radical (unpaired) electrons. The molecule has 0 saturated carbocycles. The zero-order chi connectivity index (χ0) is 15.0. The third kappa shape index (κ3) is 2.59. The number of aromatic nitrogens is 2. The number of nitrogens with zero attached hydrogens (tertiary/aromatic N) is 3. The lowest BCUT2D eigenvalue weighted by Gasteiger charge is -2.21. The molecular formula is C16H26N4O. The molecular weight excluding hydrogens is 264 g/mol. The number of amides is 1. The summed E-state index contributed by atoms with van der Waals surface area (Å²) in [6, 6.07) is 0. The van der Waals surface area contributed by atoms with Gasteiger partial charge in [0.2, 0.25) is 0 Å². The molecule has 21 heavy (non-hydrogen) atoms. The molecule has 2 fully saturated rings. The molecule has 116 valence electrons. The smallest absolute Gasteiger partial charge is 0.257 e. The Hall–Kier alpha value is -1.36. The van der Waals surface area contributed by atoms with Crippen molar-refractivity contribution in [2.75, 3.05) is 26.2 Å². The van der Waals surface area contributed by atoms with Gasteiger partial charge in [0.15, 0.2) is 0 Å². The fourth-order valence-corrected chi connectivity index (χ4v) is 3.89. The van der Waals surface area contributed by atoms with Crippen molar-refractivity contribution in [3.05, 3.63) is 17.0 Å². The van der Waals surface area contributed by atoms with Crippen molar-refractivity contribution in [3.8, 4) is 0 Å². The van der Waals surface area contributed by atoms with Crippen LogP contribution in [0.25, 0.3) is 0 Å². The molecule has 0 unspecified atom stereocenters. The van der Waals surface area contributed by atoms with Crippen molar-refractivity contribution in [1.82, 2.24) is 20.0 Å². The van der Waals surface area contributed by atoms with E-state index in [0.717, 1.165) is 74.4 Å². The molecule has 0 aromatic carbocycles. The molecule has 0 aliphatic carbocycles. The molecule has 3 heterocycles. The molecule has 2 aliphatic rings. The van der Waals surface area contributed by atoms with Crippen LogP contribution in [-0.4, -0.2) is 46.8 Å². The van der Waals surface area contributed by atoms with Gasteiger partial charge in [0.05, 0.1) is 11.3 Å². The molecule has 5 nitrogen and oxygen atoms in total. The van der Waals surface area contributed by atoms with Crippen LogP contribution in [0, 0.1) is 25.7 Å². The SMILES string of the molecule is CCn1nc(C)c(C(=O)N2CC[C@@H]3CNC[C@@H]3CC2)c1C. The Bertz CT molecular complexity index is 523. The maximum Gasteiger partial charge on any atom is 0.257 e. The Morgan fingerprint density at radius 3 is 2.38 bits per heavy atom. The summed E-state index contributed by atoms with van der Waals surface area (Å²) in [6.07, 6.45) is 2.26. The minimum absolute atomic E-state index is 0.178. The Balaban J connectivity index is 1.78. The first-order valence-electron chi connectivity index (χ1n) is 8.15. The summed E-state index contributed by atoms with van der Waals surface area (Å²) in [5.74, 6) is 1.68. The van der Waals surface area contributed by atoms with Crippen LogP contribution in [0.5, 0.6) is 0 Å². The van der Waals surface area contributed by atoms with E-state index in [9.17, 15) is 4.79 Å². The van der Waals surface area contributed by atoms with Crippen molar-refractivity contribution < 1.29 is 4.79 Å². The fourth-order valence-electron chi connectivity index (χ4n) is 3.89. The Morgan fingerprint density at radius 2 is 1.86 bits per heavy atom. The molecule has 2 atom stereocenters. The van der Waals surface area contributed by atoms with Crippen LogP contribution in [0.15, 0.2) is 0 Å². The van der Waals surface area contributed by atoms with Crippen LogP contribution >= 0.6 is 0 Å². The van der Waals surface area contributed by atoms with Gasteiger partial charge in [0.1, 0.15) is 0 Å². The standard InChI is InChI=1S/C16H26N4O/c1-4-20-12(3)15(11(2)18-20)16(21)19-7-5-13-9-17-10-14(13)6-8-19/h13-14,17H,4-10H2,1-3H3/t13-,14+. The van der Waals surface area contributed by atoms with Crippen LogP contribution in [0.3, 0.4) is 0 Å². The van der Waals surface area contributed by atoms with Gasteiger partial charge in [-0.2, -0.15) is 5.10 Å². The second-order valence-corrected chi connectivity index (χ2v) is 6.41. The first-order chi connectivity index (χ1) is 10.1. The van der Waals surface area contributed by atoms with Crippen molar-refractivity contribution in [1.29, 1.82) is 0 Å². The zero-order valence-corrected chi connectivity index (χ0v) is 13.4. The maximum absolute atomic E-state index is 12.9. The summed E-state index contributed by atoms with van der Waals surface area (Å²) < 4.78 is 1.93. The van der Waals surface area contributed by atoms with E-state index in [0.29, 0.717) is 0 Å². The normalized spacial score (nSPS) is 25.8. The zero-order valence-electron chi connectivity index (χ0n) is 13.4. The van der Waals surface area contributed by atoms with Crippen LogP contribution in [0.1, 0.15) is 41.5 Å². The van der Waals surface area contributed by atoms with Gasteiger partial charge in [0, 0.05) is 25.3 Å². The first-order valence-corrected chi connectivity index (χ1v) is 8.15. The van der Waals surface area contributed by atoms with Crippen LogP contribution in [-0.2, 0) is 6.54 Å². The lowest BCUT2D eigenvalue weighted by Crippen LogP contribution is -2.33. The highest BCUT2D eigenvalue weighted by Crippen LogP contribution is 2.28. The molecule has 3 rings (SSSR count). The predicted molar refractivity (Wildman–Crippen MR) is 82.4 cm³/mol. The largest absolute Gasteiger partial charge is 0.339 e. The maximum atomic E-state index is 12.9. The van der Waals surface area contributed by atoms with E-state index in [4.69, 9.17) is 0 Å². The lowest BCUT2D eigenvalue weighted by atomic mass is 9.92. The number of likely N-dealkylation sites (tertiary alicyclic amines) is 1. The van der Waals surface area contributed by atoms with Crippen molar-refractivity contribution in [2.45, 2.75) is 40.2 Å². The van der Waals surface area contributed by atoms with Crippen molar-refractivity contribution in [3.63, 3.8) is 0 Å². The van der Waals surface area contributed by atoms with Gasteiger partial charge in [-0.05, 0) is 58.5 Å². The first kappa shape index (κ1) is 14.6. The monoisotopic (exact) mass is 290 g/mol. The average molecular weight is 290 g/mol. The number of hydrogen-bond acceptors (Lipinski definition) is 3. The number of carbonyl (C=O) groups excluding carboxylic acids is 1. The number of aryl methyl sites for hydroxylation is 2.